The third-order valence-corrected chi connectivity index (χ3v) is 6.50. The fourth-order valence-corrected chi connectivity index (χ4v) is 4.91. The van der Waals surface area contributed by atoms with E-state index in [1.54, 1.807) is 27.7 Å². The van der Waals surface area contributed by atoms with Crippen molar-refractivity contribution in [2.24, 2.45) is 11.3 Å². The van der Waals surface area contributed by atoms with Crippen LogP contribution in [0.3, 0.4) is 0 Å². The SMILES string of the molecule is CCOC(=O)[C@H](Cc1ccc(OC(C)(C)C)cc1)NC(=O)C1(CC(CC(=O)O)C(=O)OC(C)(C)C)CCCC1. The number of hydrogen-bond acceptors (Lipinski definition) is 7. The molecular formula is C30H45NO8. The zero-order valence-electron chi connectivity index (χ0n) is 24.4. The molecule has 9 heteroatoms. The Morgan fingerprint density at radius 2 is 1.54 bits per heavy atom. The number of hydrogen-bond donors (Lipinski definition) is 2. The fourth-order valence-electron chi connectivity index (χ4n) is 4.91. The molecule has 0 spiro atoms. The first-order valence-corrected chi connectivity index (χ1v) is 13.7. The quantitative estimate of drug-likeness (QED) is 0.356. The van der Waals surface area contributed by atoms with E-state index in [2.05, 4.69) is 5.32 Å². The topological polar surface area (TPSA) is 128 Å². The van der Waals surface area contributed by atoms with Crippen molar-refractivity contribution in [3.8, 4) is 5.75 Å². The number of carboxylic acids is 1. The van der Waals surface area contributed by atoms with E-state index in [4.69, 9.17) is 14.2 Å². The summed E-state index contributed by atoms with van der Waals surface area (Å²) in [5, 5.41) is 12.4. The van der Waals surface area contributed by atoms with Gasteiger partial charge in [-0.2, -0.15) is 0 Å². The van der Waals surface area contributed by atoms with Crippen LogP contribution in [0.2, 0.25) is 0 Å². The number of carboxylic acid groups (broad SMARTS) is 1. The molecule has 0 aliphatic heterocycles. The molecule has 0 aromatic heterocycles. The normalized spacial score (nSPS) is 16.6. The molecule has 0 heterocycles. The first-order chi connectivity index (χ1) is 18.0. The molecule has 1 aliphatic carbocycles. The minimum atomic E-state index is -1.14. The number of benzene rings is 1. The van der Waals surface area contributed by atoms with Crippen molar-refractivity contribution in [2.45, 2.75) is 111 Å². The second kappa shape index (κ2) is 13.3. The molecule has 1 amide bonds. The fraction of sp³-hybridized carbons (Fsp3) is 0.667. The molecule has 0 bridgehead atoms. The predicted octanol–water partition coefficient (Wildman–Crippen LogP) is 4.84. The number of aliphatic carboxylic acids is 1. The molecule has 1 fully saturated rings. The Kier molecular flexibility index (Phi) is 11.0. The van der Waals surface area contributed by atoms with E-state index in [0.717, 1.165) is 18.4 Å². The van der Waals surface area contributed by atoms with Gasteiger partial charge < -0.3 is 24.6 Å². The summed E-state index contributed by atoms with van der Waals surface area (Å²) >= 11 is 0. The molecule has 218 valence electrons. The van der Waals surface area contributed by atoms with Gasteiger partial charge in [-0.1, -0.05) is 25.0 Å². The Morgan fingerprint density at radius 1 is 0.949 bits per heavy atom. The maximum absolute atomic E-state index is 13.8. The van der Waals surface area contributed by atoms with Crippen molar-refractivity contribution in [1.82, 2.24) is 5.32 Å². The second-order valence-electron chi connectivity index (χ2n) is 12.4. The van der Waals surface area contributed by atoms with Crippen LogP contribution in [0.4, 0.5) is 0 Å². The van der Waals surface area contributed by atoms with E-state index in [9.17, 15) is 24.3 Å². The highest BCUT2D eigenvalue weighted by atomic mass is 16.6. The van der Waals surface area contributed by atoms with Gasteiger partial charge in [0, 0.05) is 6.42 Å². The molecule has 1 aliphatic rings. The van der Waals surface area contributed by atoms with Crippen LogP contribution in [0.5, 0.6) is 5.75 Å². The maximum atomic E-state index is 13.8. The van der Waals surface area contributed by atoms with Gasteiger partial charge in [0.05, 0.1) is 24.4 Å². The van der Waals surface area contributed by atoms with E-state index < -0.39 is 47.3 Å². The van der Waals surface area contributed by atoms with Gasteiger partial charge in [0.2, 0.25) is 5.91 Å². The van der Waals surface area contributed by atoms with E-state index in [1.165, 1.54) is 0 Å². The molecule has 1 saturated carbocycles. The average Bonchev–Trinajstić information content (AvgIpc) is 3.27. The molecule has 1 aromatic carbocycles. The molecule has 1 unspecified atom stereocenters. The summed E-state index contributed by atoms with van der Waals surface area (Å²) in [7, 11) is 0. The molecular weight excluding hydrogens is 502 g/mol. The number of amides is 1. The monoisotopic (exact) mass is 547 g/mol. The second-order valence-corrected chi connectivity index (χ2v) is 12.4. The minimum absolute atomic E-state index is 0.0361. The van der Waals surface area contributed by atoms with Crippen LogP contribution in [0.25, 0.3) is 0 Å². The average molecular weight is 548 g/mol. The molecule has 9 nitrogen and oxygen atoms in total. The highest BCUT2D eigenvalue weighted by Crippen LogP contribution is 2.44. The van der Waals surface area contributed by atoms with Crippen LogP contribution in [0.1, 0.15) is 92.6 Å². The molecule has 2 rings (SSSR count). The van der Waals surface area contributed by atoms with Crippen molar-refractivity contribution < 1.29 is 38.5 Å². The summed E-state index contributed by atoms with van der Waals surface area (Å²) < 4.78 is 16.6. The lowest BCUT2D eigenvalue weighted by Crippen LogP contribution is -2.50. The lowest BCUT2D eigenvalue weighted by molar-refractivity contribution is -0.165. The van der Waals surface area contributed by atoms with Crippen LogP contribution < -0.4 is 10.1 Å². The minimum Gasteiger partial charge on any atom is -0.488 e. The van der Waals surface area contributed by atoms with Crippen LogP contribution in [-0.4, -0.2) is 52.8 Å². The number of ether oxygens (including phenoxy) is 3. The Hall–Kier alpha value is -3.10. The zero-order valence-corrected chi connectivity index (χ0v) is 24.4. The van der Waals surface area contributed by atoms with Gasteiger partial charge in [-0.3, -0.25) is 14.4 Å². The Morgan fingerprint density at radius 3 is 2.03 bits per heavy atom. The third kappa shape index (κ3) is 10.5. The van der Waals surface area contributed by atoms with E-state index >= 15 is 0 Å². The number of carbonyl (C=O) groups is 4. The summed E-state index contributed by atoms with van der Waals surface area (Å²) in [6, 6.07) is 6.39. The molecule has 2 atom stereocenters. The summed E-state index contributed by atoms with van der Waals surface area (Å²) in [6.07, 6.45) is 2.32. The zero-order chi connectivity index (χ0) is 29.4. The smallest absolute Gasteiger partial charge is 0.328 e. The van der Waals surface area contributed by atoms with Gasteiger partial charge in [0.25, 0.3) is 0 Å². The first kappa shape index (κ1) is 32.1. The summed E-state index contributed by atoms with van der Waals surface area (Å²) in [5.41, 5.74) is -1.31. The Balaban J connectivity index is 2.26. The van der Waals surface area contributed by atoms with E-state index in [0.29, 0.717) is 18.6 Å². The van der Waals surface area contributed by atoms with Crippen molar-refractivity contribution >= 4 is 23.8 Å². The Bertz CT molecular complexity index is 997. The third-order valence-electron chi connectivity index (χ3n) is 6.50. The largest absolute Gasteiger partial charge is 0.488 e. The number of nitrogens with one attached hydrogen (secondary N) is 1. The van der Waals surface area contributed by atoms with Crippen molar-refractivity contribution in [3.05, 3.63) is 29.8 Å². The number of carbonyl (C=O) groups excluding carboxylic acids is 3. The molecule has 0 radical (unpaired) electrons. The van der Waals surface area contributed by atoms with Gasteiger partial charge in [-0.05, 0) is 85.4 Å². The summed E-state index contributed by atoms with van der Waals surface area (Å²) in [5.74, 6) is -2.99. The highest BCUT2D eigenvalue weighted by Gasteiger charge is 2.46. The van der Waals surface area contributed by atoms with Crippen molar-refractivity contribution in [1.29, 1.82) is 0 Å². The van der Waals surface area contributed by atoms with Gasteiger partial charge in [-0.25, -0.2) is 4.79 Å². The van der Waals surface area contributed by atoms with E-state index in [-0.39, 0.29) is 31.0 Å². The molecule has 0 saturated heterocycles. The van der Waals surface area contributed by atoms with Crippen LogP contribution in [0.15, 0.2) is 24.3 Å². The van der Waals surface area contributed by atoms with Crippen LogP contribution in [0, 0.1) is 11.3 Å². The summed E-state index contributed by atoms with van der Waals surface area (Å²) in [4.78, 5) is 51.2. The molecule has 2 N–H and O–H groups in total. The van der Waals surface area contributed by atoms with Gasteiger partial charge in [-0.15, -0.1) is 0 Å². The number of esters is 2. The maximum Gasteiger partial charge on any atom is 0.328 e. The predicted molar refractivity (Wildman–Crippen MR) is 146 cm³/mol. The standard InChI is InChI=1S/C30H45NO8/c1-8-37-26(35)23(17-20-11-13-22(14-12-20)38-28(2,3)4)31-27(36)30(15-9-10-16-30)19-21(18-24(32)33)25(34)39-29(5,6)7/h11-14,21,23H,8-10,15-19H2,1-7H3,(H,31,36)(H,32,33)/t21?,23-/m0/s1. The van der Waals surface area contributed by atoms with Gasteiger partial charge in [0.1, 0.15) is 23.0 Å². The van der Waals surface area contributed by atoms with Crippen molar-refractivity contribution in [3.63, 3.8) is 0 Å². The van der Waals surface area contributed by atoms with Gasteiger partial charge in [0.15, 0.2) is 0 Å². The lowest BCUT2D eigenvalue weighted by Gasteiger charge is -2.33. The molecule has 39 heavy (non-hydrogen) atoms. The highest BCUT2D eigenvalue weighted by molar-refractivity contribution is 5.89. The van der Waals surface area contributed by atoms with Crippen LogP contribution >= 0.6 is 0 Å². The van der Waals surface area contributed by atoms with Crippen LogP contribution in [-0.2, 0) is 35.1 Å². The lowest BCUT2D eigenvalue weighted by atomic mass is 9.75. The number of rotatable bonds is 12. The van der Waals surface area contributed by atoms with Gasteiger partial charge >= 0.3 is 17.9 Å². The molecule has 1 aromatic rings. The van der Waals surface area contributed by atoms with Crippen molar-refractivity contribution in [2.75, 3.05) is 6.61 Å². The summed E-state index contributed by atoms with van der Waals surface area (Å²) in [6.45, 7) is 12.9. The first-order valence-electron chi connectivity index (χ1n) is 13.7. The Labute approximate surface area is 232 Å². The van der Waals surface area contributed by atoms with E-state index in [1.807, 2.05) is 45.0 Å².